The van der Waals surface area contributed by atoms with Gasteiger partial charge in [0.15, 0.2) is 0 Å². The van der Waals surface area contributed by atoms with E-state index in [9.17, 15) is 4.79 Å². The van der Waals surface area contributed by atoms with Crippen LogP contribution >= 0.6 is 0 Å². The van der Waals surface area contributed by atoms with Crippen LogP contribution in [0.25, 0.3) is 17.0 Å². The van der Waals surface area contributed by atoms with Gasteiger partial charge in [0.2, 0.25) is 0 Å². The fourth-order valence-corrected chi connectivity index (χ4v) is 2.47. The Hall–Kier alpha value is -2.16. The molecule has 0 aliphatic rings. The number of pyridine rings is 1. The lowest BCUT2D eigenvalue weighted by Crippen LogP contribution is -2.14. The molecule has 110 valence electrons. The number of aryl methyl sites for hydroxylation is 2. The average molecular weight is 283 g/mol. The smallest absolute Gasteiger partial charge is 0.328 e. The number of aromatic nitrogens is 1. The lowest BCUT2D eigenvalue weighted by molar-refractivity contribution is -0.131. The zero-order chi connectivity index (χ0) is 15.8. The number of carbonyl (C=O) groups is 1. The molecule has 2 rings (SSSR count). The quantitative estimate of drug-likeness (QED) is 0.838. The summed E-state index contributed by atoms with van der Waals surface area (Å²) in [6.07, 6.45) is 2.84. The predicted octanol–water partition coefficient (Wildman–Crippen LogP) is 4.25. The molecule has 0 radical (unpaired) electrons. The van der Waals surface area contributed by atoms with E-state index >= 15 is 0 Å². The maximum absolute atomic E-state index is 10.8. The highest BCUT2D eigenvalue weighted by Crippen LogP contribution is 2.29. The SMILES string of the molecule is Cc1cc(C)c2c(/C=C/C(=O)O)cc(C(C)(C)C)nc2c1. The maximum atomic E-state index is 10.8. The number of benzene rings is 1. The monoisotopic (exact) mass is 283 g/mol. The highest BCUT2D eigenvalue weighted by Gasteiger charge is 2.18. The van der Waals surface area contributed by atoms with Crippen molar-refractivity contribution in [1.29, 1.82) is 0 Å². The van der Waals surface area contributed by atoms with E-state index in [1.807, 2.05) is 19.9 Å². The predicted molar refractivity (Wildman–Crippen MR) is 86.6 cm³/mol. The molecule has 1 N–H and O–H groups in total. The van der Waals surface area contributed by atoms with E-state index in [1.54, 1.807) is 6.08 Å². The minimum absolute atomic E-state index is 0.0857. The molecule has 0 saturated carbocycles. The van der Waals surface area contributed by atoms with Gasteiger partial charge in [-0.15, -0.1) is 0 Å². The van der Waals surface area contributed by atoms with Crippen LogP contribution < -0.4 is 0 Å². The first-order chi connectivity index (χ1) is 9.68. The Bertz CT molecular complexity index is 737. The van der Waals surface area contributed by atoms with Crippen molar-refractivity contribution in [1.82, 2.24) is 4.98 Å². The van der Waals surface area contributed by atoms with Crippen LogP contribution in [0.2, 0.25) is 0 Å². The van der Waals surface area contributed by atoms with Crippen LogP contribution in [-0.4, -0.2) is 16.1 Å². The Morgan fingerprint density at radius 2 is 1.86 bits per heavy atom. The zero-order valence-electron chi connectivity index (χ0n) is 13.2. The second-order valence-corrected chi connectivity index (χ2v) is 6.49. The minimum atomic E-state index is -0.943. The third-order valence-electron chi connectivity index (χ3n) is 3.45. The topological polar surface area (TPSA) is 50.2 Å². The summed E-state index contributed by atoms with van der Waals surface area (Å²) < 4.78 is 0. The van der Waals surface area contributed by atoms with E-state index in [0.717, 1.165) is 33.3 Å². The normalized spacial score (nSPS) is 12.2. The van der Waals surface area contributed by atoms with Crippen molar-refractivity contribution in [3.63, 3.8) is 0 Å². The second-order valence-electron chi connectivity index (χ2n) is 6.49. The summed E-state index contributed by atoms with van der Waals surface area (Å²) in [6, 6.07) is 6.14. The summed E-state index contributed by atoms with van der Waals surface area (Å²) in [6.45, 7) is 10.4. The molecule has 0 atom stereocenters. The van der Waals surface area contributed by atoms with Crippen LogP contribution in [0.4, 0.5) is 0 Å². The summed E-state index contributed by atoms with van der Waals surface area (Å²) in [5.74, 6) is -0.943. The van der Waals surface area contributed by atoms with Crippen LogP contribution in [0.5, 0.6) is 0 Å². The van der Waals surface area contributed by atoms with Crippen molar-refractivity contribution in [2.75, 3.05) is 0 Å². The van der Waals surface area contributed by atoms with Crippen LogP contribution in [0.15, 0.2) is 24.3 Å². The summed E-state index contributed by atoms with van der Waals surface area (Å²) in [4.78, 5) is 15.6. The lowest BCUT2D eigenvalue weighted by atomic mass is 9.89. The second kappa shape index (κ2) is 5.32. The maximum Gasteiger partial charge on any atom is 0.328 e. The minimum Gasteiger partial charge on any atom is -0.478 e. The van der Waals surface area contributed by atoms with Crippen LogP contribution in [0.3, 0.4) is 0 Å². The molecule has 1 aromatic heterocycles. The van der Waals surface area contributed by atoms with E-state index in [-0.39, 0.29) is 5.41 Å². The molecule has 0 aliphatic carbocycles. The lowest BCUT2D eigenvalue weighted by Gasteiger charge is -2.20. The summed E-state index contributed by atoms with van der Waals surface area (Å²) in [5, 5.41) is 9.91. The molecule has 0 unspecified atom stereocenters. The van der Waals surface area contributed by atoms with Gasteiger partial charge in [-0.05, 0) is 48.7 Å². The fraction of sp³-hybridized carbons (Fsp3) is 0.333. The molecular weight excluding hydrogens is 262 g/mol. The van der Waals surface area contributed by atoms with Gasteiger partial charge < -0.3 is 5.11 Å². The molecule has 0 amide bonds. The van der Waals surface area contributed by atoms with Gasteiger partial charge in [-0.2, -0.15) is 0 Å². The van der Waals surface area contributed by atoms with E-state index in [2.05, 4.69) is 32.9 Å². The number of aliphatic carboxylic acids is 1. The van der Waals surface area contributed by atoms with Gasteiger partial charge in [0.05, 0.1) is 5.52 Å². The van der Waals surface area contributed by atoms with Gasteiger partial charge in [-0.25, -0.2) is 4.79 Å². The first-order valence-electron chi connectivity index (χ1n) is 7.02. The standard InChI is InChI=1S/C18H21NO2/c1-11-8-12(2)17-13(6-7-16(20)21)10-15(18(3,4)5)19-14(17)9-11/h6-10H,1-5H3,(H,20,21)/b7-6+. The first kappa shape index (κ1) is 15.2. The highest BCUT2D eigenvalue weighted by molar-refractivity contribution is 5.95. The van der Waals surface area contributed by atoms with E-state index < -0.39 is 5.97 Å². The third-order valence-corrected chi connectivity index (χ3v) is 3.45. The highest BCUT2D eigenvalue weighted by atomic mass is 16.4. The molecule has 3 heteroatoms. The third kappa shape index (κ3) is 3.30. The van der Waals surface area contributed by atoms with Crippen molar-refractivity contribution < 1.29 is 9.90 Å². The van der Waals surface area contributed by atoms with Gasteiger partial charge >= 0.3 is 5.97 Å². The van der Waals surface area contributed by atoms with Crippen LogP contribution in [0.1, 0.15) is 43.2 Å². The number of hydrogen-bond donors (Lipinski definition) is 1. The molecule has 1 aromatic carbocycles. The van der Waals surface area contributed by atoms with E-state index in [1.165, 1.54) is 6.08 Å². The first-order valence-corrected chi connectivity index (χ1v) is 7.02. The van der Waals surface area contributed by atoms with Crippen molar-refractivity contribution in [3.05, 3.63) is 46.7 Å². The number of carboxylic acid groups (broad SMARTS) is 1. The Kier molecular flexibility index (Phi) is 3.86. The number of rotatable bonds is 2. The molecule has 0 aliphatic heterocycles. The Morgan fingerprint density at radius 1 is 1.19 bits per heavy atom. The molecule has 2 aromatic rings. The van der Waals surface area contributed by atoms with Gasteiger partial charge in [0, 0.05) is 22.6 Å². The molecular formula is C18H21NO2. The number of hydrogen-bond acceptors (Lipinski definition) is 2. The Labute approximate surface area is 125 Å². The summed E-state index contributed by atoms with van der Waals surface area (Å²) in [7, 11) is 0. The number of fused-ring (bicyclic) bond motifs is 1. The summed E-state index contributed by atoms with van der Waals surface area (Å²) in [5.41, 5.74) is 4.98. The van der Waals surface area contributed by atoms with Gasteiger partial charge in [0.25, 0.3) is 0 Å². The molecule has 0 spiro atoms. The van der Waals surface area contributed by atoms with E-state index in [0.29, 0.717) is 0 Å². The summed E-state index contributed by atoms with van der Waals surface area (Å²) >= 11 is 0. The molecule has 0 saturated heterocycles. The van der Waals surface area contributed by atoms with Gasteiger partial charge in [-0.3, -0.25) is 4.98 Å². The molecule has 3 nitrogen and oxygen atoms in total. The van der Waals surface area contributed by atoms with Gasteiger partial charge in [0.1, 0.15) is 0 Å². The Morgan fingerprint density at radius 3 is 2.43 bits per heavy atom. The molecule has 0 bridgehead atoms. The van der Waals surface area contributed by atoms with Crippen molar-refractivity contribution in [2.45, 2.75) is 40.0 Å². The zero-order valence-corrected chi connectivity index (χ0v) is 13.2. The average Bonchev–Trinajstić information content (AvgIpc) is 2.33. The van der Waals surface area contributed by atoms with Crippen molar-refractivity contribution in [3.8, 4) is 0 Å². The van der Waals surface area contributed by atoms with Crippen LogP contribution in [-0.2, 0) is 10.2 Å². The molecule has 21 heavy (non-hydrogen) atoms. The van der Waals surface area contributed by atoms with Crippen molar-refractivity contribution in [2.24, 2.45) is 0 Å². The van der Waals surface area contributed by atoms with Crippen LogP contribution in [0, 0.1) is 13.8 Å². The number of carboxylic acids is 1. The fourth-order valence-electron chi connectivity index (χ4n) is 2.47. The van der Waals surface area contributed by atoms with Gasteiger partial charge in [-0.1, -0.05) is 26.8 Å². The largest absolute Gasteiger partial charge is 0.478 e. The van der Waals surface area contributed by atoms with Crippen molar-refractivity contribution >= 4 is 22.9 Å². The van der Waals surface area contributed by atoms with E-state index in [4.69, 9.17) is 10.1 Å². The molecule has 0 fully saturated rings. The number of nitrogens with zero attached hydrogens (tertiary/aromatic N) is 1. The Balaban J connectivity index is 2.82. The molecule has 1 heterocycles.